The Hall–Kier alpha value is -2.29. The first-order chi connectivity index (χ1) is 9.90. The molecule has 3 N–H and O–H groups in total. The Morgan fingerprint density at radius 1 is 1.48 bits per heavy atom. The lowest BCUT2D eigenvalue weighted by Crippen LogP contribution is -2.39. The summed E-state index contributed by atoms with van der Waals surface area (Å²) in [6.45, 7) is 3.49. The summed E-state index contributed by atoms with van der Waals surface area (Å²) in [5.41, 5.74) is 5.75. The molecule has 0 aliphatic carbocycles. The van der Waals surface area contributed by atoms with Gasteiger partial charge in [-0.2, -0.15) is 0 Å². The molecular weight excluding hydrogens is 294 g/mol. The molecule has 0 aliphatic heterocycles. The van der Waals surface area contributed by atoms with Gasteiger partial charge in [0.15, 0.2) is 11.0 Å². The van der Waals surface area contributed by atoms with Gasteiger partial charge in [0.05, 0.1) is 17.1 Å². The number of rotatable bonds is 4. The summed E-state index contributed by atoms with van der Waals surface area (Å²) in [7, 11) is 1.79. The third kappa shape index (κ3) is 3.24. The van der Waals surface area contributed by atoms with Crippen molar-refractivity contribution < 1.29 is 14.0 Å². The number of hydrogen-bond donors (Lipinski definition) is 2. The second kappa shape index (κ2) is 6.00. The lowest BCUT2D eigenvalue weighted by molar-refractivity contribution is -0.119. The molecule has 0 saturated carbocycles. The summed E-state index contributed by atoms with van der Waals surface area (Å²) in [4.78, 5) is 22.3. The van der Waals surface area contributed by atoms with E-state index < -0.39 is 17.2 Å². The summed E-state index contributed by atoms with van der Waals surface area (Å²) in [6.07, 6.45) is 1.58. The molecule has 3 amide bonds. The number of carbonyl (C=O) groups excluding carboxylic acids is 2. The van der Waals surface area contributed by atoms with Crippen LogP contribution < -0.4 is 11.1 Å². The van der Waals surface area contributed by atoms with Gasteiger partial charge in [-0.3, -0.25) is 10.1 Å². The number of carbonyl (C=O) groups is 2. The lowest BCUT2D eigenvalue weighted by atomic mass is 10.2. The van der Waals surface area contributed by atoms with Gasteiger partial charge >= 0.3 is 6.03 Å². The number of furan rings is 1. The topological polar surface area (TPSA) is 116 Å². The number of amides is 3. The Bertz CT molecular complexity index is 678. The number of urea groups is 1. The van der Waals surface area contributed by atoms with E-state index in [0.29, 0.717) is 11.0 Å². The third-order valence-electron chi connectivity index (χ3n) is 2.83. The first-order valence-corrected chi connectivity index (χ1v) is 6.99. The molecule has 0 spiro atoms. The van der Waals surface area contributed by atoms with Crippen LogP contribution in [-0.2, 0) is 11.8 Å². The molecule has 9 heteroatoms. The summed E-state index contributed by atoms with van der Waals surface area (Å²) < 4.78 is 7.00. The zero-order chi connectivity index (χ0) is 15.6. The average molecular weight is 309 g/mol. The highest BCUT2D eigenvalue weighted by atomic mass is 32.2. The summed E-state index contributed by atoms with van der Waals surface area (Å²) in [6, 6.07) is 0.928. The Morgan fingerprint density at radius 2 is 2.19 bits per heavy atom. The minimum absolute atomic E-state index is 0.475. The first kappa shape index (κ1) is 15.1. The molecule has 21 heavy (non-hydrogen) atoms. The molecule has 0 unspecified atom stereocenters. The van der Waals surface area contributed by atoms with Crippen molar-refractivity contribution in [2.45, 2.75) is 24.3 Å². The number of imide groups is 1. The Balaban J connectivity index is 2.16. The van der Waals surface area contributed by atoms with Gasteiger partial charge in [0.2, 0.25) is 5.91 Å². The monoisotopic (exact) mass is 309 g/mol. The molecule has 0 saturated heterocycles. The van der Waals surface area contributed by atoms with Crippen molar-refractivity contribution in [3.05, 3.63) is 18.1 Å². The molecule has 2 aromatic rings. The van der Waals surface area contributed by atoms with E-state index >= 15 is 0 Å². The number of aryl methyl sites for hydroxylation is 1. The van der Waals surface area contributed by atoms with Crippen molar-refractivity contribution in [1.29, 1.82) is 0 Å². The lowest BCUT2D eigenvalue weighted by Gasteiger charge is -2.09. The van der Waals surface area contributed by atoms with E-state index in [1.54, 1.807) is 30.9 Å². The Morgan fingerprint density at radius 3 is 2.76 bits per heavy atom. The molecular formula is C12H15N5O3S. The van der Waals surface area contributed by atoms with Crippen molar-refractivity contribution in [1.82, 2.24) is 20.1 Å². The number of nitrogens with two attached hydrogens (primary N) is 1. The highest BCUT2D eigenvalue weighted by molar-refractivity contribution is 8.00. The molecule has 1 atom stereocenters. The molecule has 0 fully saturated rings. The van der Waals surface area contributed by atoms with Gasteiger partial charge in [-0.25, -0.2) is 4.79 Å². The van der Waals surface area contributed by atoms with E-state index in [-0.39, 0.29) is 0 Å². The minimum Gasteiger partial charge on any atom is -0.469 e. The summed E-state index contributed by atoms with van der Waals surface area (Å²) in [5, 5.41) is 10.2. The fourth-order valence-electron chi connectivity index (χ4n) is 1.70. The molecule has 0 aliphatic rings. The van der Waals surface area contributed by atoms with Crippen molar-refractivity contribution in [2.24, 2.45) is 12.8 Å². The van der Waals surface area contributed by atoms with Gasteiger partial charge in [0.1, 0.15) is 5.76 Å². The van der Waals surface area contributed by atoms with Crippen LogP contribution in [0.3, 0.4) is 0 Å². The van der Waals surface area contributed by atoms with Crippen LogP contribution in [0, 0.1) is 6.92 Å². The van der Waals surface area contributed by atoms with E-state index in [1.165, 1.54) is 11.8 Å². The van der Waals surface area contributed by atoms with Crippen LogP contribution in [0.4, 0.5) is 4.79 Å². The standard InChI is InChI=1S/C12H15N5O3S/c1-6-8(4-5-20-6)9-15-16-12(17(9)3)21-7(2)10(18)14-11(13)19/h4-5,7H,1-3H3,(H3,13,14,18,19)/t7-/m1/s1. The highest BCUT2D eigenvalue weighted by Gasteiger charge is 2.21. The molecule has 8 nitrogen and oxygen atoms in total. The maximum Gasteiger partial charge on any atom is 0.318 e. The number of primary amides is 1. The molecule has 112 valence electrons. The van der Waals surface area contributed by atoms with E-state index in [2.05, 4.69) is 10.2 Å². The predicted octanol–water partition coefficient (Wildman–Crippen LogP) is 1.06. The molecule has 0 radical (unpaired) electrons. The molecule has 2 heterocycles. The van der Waals surface area contributed by atoms with Gasteiger partial charge in [-0.1, -0.05) is 11.8 Å². The zero-order valence-corrected chi connectivity index (χ0v) is 12.6. The maximum atomic E-state index is 11.7. The van der Waals surface area contributed by atoms with Crippen LogP contribution in [0.2, 0.25) is 0 Å². The van der Waals surface area contributed by atoms with Crippen molar-refractivity contribution in [3.8, 4) is 11.4 Å². The fourth-order valence-corrected chi connectivity index (χ4v) is 2.52. The Labute approximate surface area is 125 Å². The van der Waals surface area contributed by atoms with Gasteiger partial charge in [-0.15, -0.1) is 10.2 Å². The smallest absolute Gasteiger partial charge is 0.318 e. The molecule has 0 bridgehead atoms. The maximum absolute atomic E-state index is 11.7. The number of thioether (sulfide) groups is 1. The van der Waals surface area contributed by atoms with Crippen LogP contribution in [0.25, 0.3) is 11.4 Å². The van der Waals surface area contributed by atoms with Crippen LogP contribution in [0.1, 0.15) is 12.7 Å². The molecule has 0 aromatic carbocycles. The quantitative estimate of drug-likeness (QED) is 0.816. The number of nitrogens with zero attached hydrogens (tertiary/aromatic N) is 3. The summed E-state index contributed by atoms with van der Waals surface area (Å²) >= 11 is 1.18. The van der Waals surface area contributed by atoms with Gasteiger partial charge in [-0.05, 0) is 19.9 Å². The van der Waals surface area contributed by atoms with E-state index in [9.17, 15) is 9.59 Å². The number of hydrogen-bond acceptors (Lipinski definition) is 6. The highest BCUT2D eigenvalue weighted by Crippen LogP contribution is 2.27. The number of aromatic nitrogens is 3. The number of nitrogens with one attached hydrogen (secondary N) is 1. The average Bonchev–Trinajstić information content (AvgIpc) is 2.96. The van der Waals surface area contributed by atoms with Crippen LogP contribution in [0.15, 0.2) is 21.9 Å². The minimum atomic E-state index is -0.875. The van der Waals surface area contributed by atoms with Gasteiger partial charge < -0.3 is 14.7 Å². The second-order valence-corrected chi connectivity index (χ2v) is 5.68. The zero-order valence-electron chi connectivity index (χ0n) is 11.8. The largest absolute Gasteiger partial charge is 0.469 e. The van der Waals surface area contributed by atoms with Gasteiger partial charge in [0, 0.05) is 7.05 Å². The van der Waals surface area contributed by atoms with Gasteiger partial charge in [0.25, 0.3) is 0 Å². The molecule has 2 aromatic heterocycles. The van der Waals surface area contributed by atoms with Crippen molar-refractivity contribution >= 4 is 23.7 Å². The third-order valence-corrected chi connectivity index (χ3v) is 3.97. The van der Waals surface area contributed by atoms with E-state index in [0.717, 1.165) is 11.3 Å². The Kier molecular flexibility index (Phi) is 4.32. The van der Waals surface area contributed by atoms with Crippen molar-refractivity contribution in [2.75, 3.05) is 0 Å². The first-order valence-electron chi connectivity index (χ1n) is 6.11. The fraction of sp³-hybridized carbons (Fsp3) is 0.333. The second-order valence-electron chi connectivity index (χ2n) is 4.37. The normalized spacial score (nSPS) is 12.1. The SMILES string of the molecule is Cc1occc1-c1nnc(S[C@H](C)C(=O)NC(N)=O)n1C. The van der Waals surface area contributed by atoms with Crippen molar-refractivity contribution in [3.63, 3.8) is 0 Å². The van der Waals surface area contributed by atoms with Crippen LogP contribution in [-0.4, -0.2) is 32.0 Å². The molecule has 2 rings (SSSR count). The predicted molar refractivity (Wildman–Crippen MR) is 76.5 cm³/mol. The summed E-state index contributed by atoms with van der Waals surface area (Å²) in [5.74, 6) is 0.907. The van der Waals surface area contributed by atoms with Crippen LogP contribution in [0.5, 0.6) is 0 Å². The van der Waals surface area contributed by atoms with E-state index in [4.69, 9.17) is 10.2 Å². The van der Waals surface area contributed by atoms with Crippen LogP contribution >= 0.6 is 11.8 Å². The van der Waals surface area contributed by atoms with E-state index in [1.807, 2.05) is 12.2 Å².